The van der Waals surface area contributed by atoms with Gasteiger partial charge in [0, 0.05) is 0 Å². The molecule has 0 saturated carbocycles. The predicted molar refractivity (Wildman–Crippen MR) is 74.8 cm³/mol. The largest absolute Gasteiger partial charge is 0.444 e. The third kappa shape index (κ3) is 3.45. The molecule has 5 heteroatoms. The van der Waals surface area contributed by atoms with Crippen LogP contribution in [0.25, 0.3) is 0 Å². The summed E-state index contributed by atoms with van der Waals surface area (Å²) in [6.07, 6.45) is 0. The second kappa shape index (κ2) is 5.59. The van der Waals surface area contributed by atoms with Gasteiger partial charge in [-0.2, -0.15) is 0 Å². The summed E-state index contributed by atoms with van der Waals surface area (Å²) in [4.78, 5) is 11.8. The molecule has 0 bridgehead atoms. The molecule has 4 nitrogen and oxygen atoms in total. The third-order valence-electron chi connectivity index (χ3n) is 2.79. The zero-order valence-corrected chi connectivity index (χ0v) is 12.0. The molecule has 2 N–H and O–H groups in total. The van der Waals surface area contributed by atoms with Gasteiger partial charge in [-0.1, -0.05) is 30.3 Å². The fourth-order valence-electron chi connectivity index (χ4n) is 1.68. The van der Waals surface area contributed by atoms with Crippen molar-refractivity contribution >= 4 is 21.8 Å². The Balaban J connectivity index is 2.00. The molecule has 2 aromatic rings. The number of nitrogens with one attached hydrogen (secondary N) is 1. The molecule has 0 saturated heterocycles. The van der Waals surface area contributed by atoms with Gasteiger partial charge in [-0.05, 0) is 40.5 Å². The maximum absolute atomic E-state index is 11.8. The van der Waals surface area contributed by atoms with Crippen molar-refractivity contribution in [2.45, 2.75) is 12.5 Å². The van der Waals surface area contributed by atoms with Crippen LogP contribution in [0.5, 0.6) is 0 Å². The smallest absolute Gasteiger partial charge is 0.287 e. The van der Waals surface area contributed by atoms with E-state index >= 15 is 0 Å². The lowest BCUT2D eigenvalue weighted by Crippen LogP contribution is -2.38. The quantitative estimate of drug-likeness (QED) is 0.909. The summed E-state index contributed by atoms with van der Waals surface area (Å²) in [5.74, 6) is -0.155. The summed E-state index contributed by atoms with van der Waals surface area (Å²) in [5.41, 5.74) is -0.378. The predicted octanol–water partition coefficient (Wildman–Crippen LogP) is 2.68. The average molecular weight is 324 g/mol. The van der Waals surface area contributed by atoms with E-state index in [2.05, 4.69) is 21.2 Å². The molecule has 19 heavy (non-hydrogen) atoms. The molecule has 0 radical (unpaired) electrons. The summed E-state index contributed by atoms with van der Waals surface area (Å²) in [7, 11) is 0. The first-order chi connectivity index (χ1) is 8.99. The first kappa shape index (κ1) is 13.8. The highest BCUT2D eigenvalue weighted by molar-refractivity contribution is 9.10. The van der Waals surface area contributed by atoms with Gasteiger partial charge in [0.25, 0.3) is 5.91 Å². The molecular weight excluding hydrogens is 310 g/mol. The van der Waals surface area contributed by atoms with Gasteiger partial charge in [-0.25, -0.2) is 0 Å². The Labute approximate surface area is 119 Å². The van der Waals surface area contributed by atoms with Gasteiger partial charge in [-0.3, -0.25) is 4.79 Å². The molecule has 0 aliphatic rings. The van der Waals surface area contributed by atoms with Gasteiger partial charge >= 0.3 is 0 Å². The van der Waals surface area contributed by atoms with E-state index in [4.69, 9.17) is 4.42 Å². The number of halogens is 1. The van der Waals surface area contributed by atoms with Gasteiger partial charge in [0.15, 0.2) is 10.4 Å². The van der Waals surface area contributed by atoms with Gasteiger partial charge in [0.05, 0.1) is 6.54 Å². The standard InChI is InChI=1S/C14H14BrNO3/c1-14(18,10-5-3-2-4-6-10)9-16-13(17)11-7-8-12(15)19-11/h2-8,18H,9H2,1H3,(H,16,17)/t14-/m0/s1. The van der Waals surface area contributed by atoms with E-state index in [0.717, 1.165) is 5.56 Å². The van der Waals surface area contributed by atoms with E-state index in [1.807, 2.05) is 30.3 Å². The molecule has 0 aliphatic heterocycles. The van der Waals surface area contributed by atoms with Crippen LogP contribution in [-0.4, -0.2) is 17.6 Å². The highest BCUT2D eigenvalue weighted by Crippen LogP contribution is 2.19. The van der Waals surface area contributed by atoms with Crippen LogP contribution in [-0.2, 0) is 5.60 Å². The molecule has 0 spiro atoms. The minimum Gasteiger partial charge on any atom is -0.444 e. The number of carbonyl (C=O) groups excluding carboxylic acids is 1. The Morgan fingerprint density at radius 1 is 1.32 bits per heavy atom. The van der Waals surface area contributed by atoms with Gasteiger partial charge in [0.2, 0.25) is 0 Å². The zero-order chi connectivity index (χ0) is 13.9. The van der Waals surface area contributed by atoms with Crippen molar-refractivity contribution in [3.8, 4) is 0 Å². The summed E-state index contributed by atoms with van der Waals surface area (Å²) in [5, 5.41) is 13.0. The number of amides is 1. The summed E-state index contributed by atoms with van der Waals surface area (Å²) < 4.78 is 5.63. The van der Waals surface area contributed by atoms with E-state index in [1.54, 1.807) is 19.1 Å². The number of rotatable bonds is 4. The molecule has 1 aromatic carbocycles. The van der Waals surface area contributed by atoms with Crippen LogP contribution < -0.4 is 5.32 Å². The van der Waals surface area contributed by atoms with Crippen molar-refractivity contribution < 1.29 is 14.3 Å². The number of furan rings is 1. The summed E-state index contributed by atoms with van der Waals surface area (Å²) in [6.45, 7) is 1.76. The highest BCUT2D eigenvalue weighted by Gasteiger charge is 2.24. The number of benzene rings is 1. The number of aliphatic hydroxyl groups is 1. The molecule has 1 amide bonds. The third-order valence-corrected chi connectivity index (χ3v) is 3.21. The minimum absolute atomic E-state index is 0.105. The van der Waals surface area contributed by atoms with Crippen molar-refractivity contribution in [1.82, 2.24) is 5.32 Å². The SMILES string of the molecule is C[C@](O)(CNC(=O)c1ccc(Br)o1)c1ccccc1. The Kier molecular flexibility index (Phi) is 4.07. The van der Waals surface area contributed by atoms with Crippen LogP contribution >= 0.6 is 15.9 Å². The number of carbonyl (C=O) groups is 1. The number of hydrogen-bond donors (Lipinski definition) is 2. The summed E-state index contributed by atoms with van der Waals surface area (Å²) >= 11 is 3.13. The fourth-order valence-corrected chi connectivity index (χ4v) is 1.98. The van der Waals surface area contributed by atoms with Crippen molar-refractivity contribution in [3.05, 3.63) is 58.5 Å². The molecule has 0 aliphatic carbocycles. The van der Waals surface area contributed by atoms with E-state index in [9.17, 15) is 9.90 Å². The molecule has 0 fully saturated rings. The lowest BCUT2D eigenvalue weighted by Gasteiger charge is -2.23. The maximum Gasteiger partial charge on any atom is 0.287 e. The first-order valence-corrected chi connectivity index (χ1v) is 6.60. The molecule has 1 heterocycles. The minimum atomic E-state index is -1.12. The van der Waals surface area contributed by atoms with Gasteiger partial charge in [0.1, 0.15) is 5.60 Å². The fraction of sp³-hybridized carbons (Fsp3) is 0.214. The number of hydrogen-bond acceptors (Lipinski definition) is 3. The van der Waals surface area contributed by atoms with E-state index in [1.165, 1.54) is 0 Å². The molecule has 1 atom stereocenters. The lowest BCUT2D eigenvalue weighted by atomic mass is 9.96. The Bertz CT molecular complexity index is 563. The van der Waals surface area contributed by atoms with Crippen LogP contribution in [0.4, 0.5) is 0 Å². The molecule has 0 unspecified atom stereocenters. The Morgan fingerprint density at radius 2 is 2.00 bits per heavy atom. The normalized spacial score (nSPS) is 13.8. The molecule has 100 valence electrons. The van der Waals surface area contributed by atoms with Crippen LogP contribution in [0.15, 0.2) is 51.6 Å². The van der Waals surface area contributed by atoms with Crippen molar-refractivity contribution in [2.24, 2.45) is 0 Å². The van der Waals surface area contributed by atoms with Gasteiger partial charge < -0.3 is 14.8 Å². The second-order valence-corrected chi connectivity index (χ2v) is 5.21. The van der Waals surface area contributed by atoms with Gasteiger partial charge in [-0.15, -0.1) is 0 Å². The lowest BCUT2D eigenvalue weighted by molar-refractivity contribution is 0.0518. The van der Waals surface area contributed by atoms with Crippen LogP contribution in [0.3, 0.4) is 0 Å². The highest BCUT2D eigenvalue weighted by atomic mass is 79.9. The topological polar surface area (TPSA) is 62.5 Å². The second-order valence-electron chi connectivity index (χ2n) is 4.43. The Hall–Kier alpha value is -1.59. The molecule has 1 aromatic heterocycles. The van der Waals surface area contributed by atoms with Crippen molar-refractivity contribution in [2.75, 3.05) is 6.54 Å². The monoisotopic (exact) mass is 323 g/mol. The van der Waals surface area contributed by atoms with E-state index < -0.39 is 5.60 Å². The Morgan fingerprint density at radius 3 is 2.58 bits per heavy atom. The summed E-state index contributed by atoms with van der Waals surface area (Å²) in [6, 6.07) is 12.4. The molecular formula is C14H14BrNO3. The maximum atomic E-state index is 11.8. The zero-order valence-electron chi connectivity index (χ0n) is 10.4. The van der Waals surface area contributed by atoms with Crippen molar-refractivity contribution in [1.29, 1.82) is 0 Å². The van der Waals surface area contributed by atoms with Crippen LogP contribution in [0.2, 0.25) is 0 Å². The van der Waals surface area contributed by atoms with E-state index in [0.29, 0.717) is 4.67 Å². The van der Waals surface area contributed by atoms with E-state index in [-0.39, 0.29) is 18.2 Å². The van der Waals surface area contributed by atoms with Crippen LogP contribution in [0, 0.1) is 0 Å². The van der Waals surface area contributed by atoms with Crippen LogP contribution in [0.1, 0.15) is 23.0 Å². The van der Waals surface area contributed by atoms with Crippen molar-refractivity contribution in [3.63, 3.8) is 0 Å². The average Bonchev–Trinajstić information content (AvgIpc) is 2.84. The first-order valence-electron chi connectivity index (χ1n) is 5.80. The molecule has 2 rings (SSSR count).